The van der Waals surface area contributed by atoms with Crippen LogP contribution in [0, 0.1) is 6.92 Å². The largest absolute Gasteiger partial charge is 0.464 e. The Morgan fingerprint density at radius 2 is 1.44 bits per heavy atom. The summed E-state index contributed by atoms with van der Waals surface area (Å²) >= 11 is 0. The molecule has 0 radical (unpaired) electrons. The highest BCUT2D eigenvalue weighted by Gasteiger charge is 2.24. The van der Waals surface area contributed by atoms with E-state index in [0.29, 0.717) is 25.9 Å². The van der Waals surface area contributed by atoms with E-state index < -0.39 is 0 Å². The molecule has 3 rings (SSSR count). The van der Waals surface area contributed by atoms with E-state index in [9.17, 15) is 9.59 Å². The van der Waals surface area contributed by atoms with Gasteiger partial charge in [-0.05, 0) is 50.5 Å². The Bertz CT molecular complexity index is 996. The molecule has 0 aliphatic carbocycles. The summed E-state index contributed by atoms with van der Waals surface area (Å²) < 4.78 is 5.71. The average molecular weight is 433 g/mol. The van der Waals surface area contributed by atoms with Crippen LogP contribution in [-0.4, -0.2) is 34.2 Å². The second kappa shape index (κ2) is 11.3. The van der Waals surface area contributed by atoms with Crippen molar-refractivity contribution in [3.63, 3.8) is 0 Å². The molecule has 168 valence electrons. The van der Waals surface area contributed by atoms with Crippen molar-refractivity contribution in [1.82, 2.24) is 9.80 Å². The molecule has 0 unspecified atom stereocenters. The maximum Gasteiger partial charge on any atom is 0.242 e. The summed E-state index contributed by atoms with van der Waals surface area (Å²) in [6, 6.07) is 23.6. The van der Waals surface area contributed by atoms with E-state index in [4.69, 9.17) is 4.42 Å². The van der Waals surface area contributed by atoms with E-state index in [-0.39, 0.29) is 24.4 Å². The fourth-order valence-electron chi connectivity index (χ4n) is 3.64. The lowest BCUT2D eigenvalue weighted by atomic mass is 10.1. The Labute approximate surface area is 190 Å². The zero-order valence-electron chi connectivity index (χ0n) is 19.2. The second-order valence-electron chi connectivity index (χ2n) is 8.35. The van der Waals surface area contributed by atoms with E-state index in [2.05, 4.69) is 0 Å². The zero-order valence-corrected chi connectivity index (χ0v) is 19.2. The second-order valence-corrected chi connectivity index (χ2v) is 8.35. The van der Waals surface area contributed by atoms with Crippen molar-refractivity contribution in [2.24, 2.45) is 0 Å². The predicted molar refractivity (Wildman–Crippen MR) is 126 cm³/mol. The minimum absolute atomic E-state index is 0.00860. The molecule has 0 saturated heterocycles. The normalized spacial score (nSPS) is 10.9. The topological polar surface area (TPSA) is 53.8 Å². The molecule has 0 saturated carbocycles. The van der Waals surface area contributed by atoms with Gasteiger partial charge in [0.05, 0.1) is 13.1 Å². The van der Waals surface area contributed by atoms with Crippen LogP contribution in [0.25, 0.3) is 0 Å². The monoisotopic (exact) mass is 432 g/mol. The number of amides is 2. The molecular weight excluding hydrogens is 400 g/mol. The van der Waals surface area contributed by atoms with Gasteiger partial charge in [0.2, 0.25) is 11.8 Å². The first kappa shape index (κ1) is 23.3. The van der Waals surface area contributed by atoms with Crippen molar-refractivity contribution in [1.29, 1.82) is 0 Å². The number of carbonyl (C=O) groups is 2. The van der Waals surface area contributed by atoms with Crippen molar-refractivity contribution in [3.05, 3.63) is 95.4 Å². The lowest BCUT2D eigenvalue weighted by molar-refractivity contribution is -0.142. The number of carbonyl (C=O) groups excluding carboxylic acids is 2. The van der Waals surface area contributed by atoms with Crippen LogP contribution in [0.3, 0.4) is 0 Å². The Morgan fingerprint density at radius 1 is 0.812 bits per heavy atom. The van der Waals surface area contributed by atoms with Crippen LogP contribution in [0.5, 0.6) is 0 Å². The Balaban J connectivity index is 1.70. The van der Waals surface area contributed by atoms with Crippen LogP contribution in [0.2, 0.25) is 0 Å². The third-order valence-corrected chi connectivity index (χ3v) is 5.43. The number of hydrogen-bond donors (Lipinski definition) is 0. The molecule has 0 N–H and O–H groups in total. The molecule has 32 heavy (non-hydrogen) atoms. The van der Waals surface area contributed by atoms with E-state index in [1.807, 2.05) is 93.6 Å². The molecule has 0 aliphatic heterocycles. The summed E-state index contributed by atoms with van der Waals surface area (Å²) in [6.45, 7) is 6.67. The molecule has 5 heteroatoms. The van der Waals surface area contributed by atoms with Crippen molar-refractivity contribution in [2.75, 3.05) is 6.54 Å². The lowest BCUT2D eigenvalue weighted by Crippen LogP contribution is -2.45. The maximum absolute atomic E-state index is 13.3. The van der Waals surface area contributed by atoms with Gasteiger partial charge in [0.15, 0.2) is 0 Å². The molecule has 5 nitrogen and oxygen atoms in total. The van der Waals surface area contributed by atoms with Crippen LogP contribution in [0.15, 0.2) is 77.2 Å². The molecule has 0 bridgehead atoms. The van der Waals surface area contributed by atoms with E-state index in [1.165, 1.54) is 0 Å². The predicted octanol–water partition coefficient (Wildman–Crippen LogP) is 4.99. The van der Waals surface area contributed by atoms with E-state index in [1.54, 1.807) is 9.80 Å². The Morgan fingerprint density at radius 3 is 2.00 bits per heavy atom. The summed E-state index contributed by atoms with van der Waals surface area (Å²) in [5.74, 6) is 1.45. The minimum atomic E-state index is -0.0929. The fourth-order valence-corrected chi connectivity index (χ4v) is 3.64. The third kappa shape index (κ3) is 6.84. The van der Waals surface area contributed by atoms with Crippen LogP contribution < -0.4 is 0 Å². The van der Waals surface area contributed by atoms with Gasteiger partial charge in [-0.3, -0.25) is 9.59 Å². The summed E-state index contributed by atoms with van der Waals surface area (Å²) in [5, 5.41) is 0. The third-order valence-electron chi connectivity index (χ3n) is 5.43. The number of nitrogens with zero attached hydrogens (tertiary/aromatic N) is 2. The molecule has 0 aliphatic rings. The first-order valence-corrected chi connectivity index (χ1v) is 11.1. The Kier molecular flexibility index (Phi) is 8.26. The first-order chi connectivity index (χ1) is 15.4. The maximum atomic E-state index is 13.3. The average Bonchev–Trinajstić information content (AvgIpc) is 3.21. The quantitative estimate of drug-likeness (QED) is 0.454. The van der Waals surface area contributed by atoms with Crippen molar-refractivity contribution < 1.29 is 14.0 Å². The van der Waals surface area contributed by atoms with Gasteiger partial charge in [0.1, 0.15) is 11.5 Å². The summed E-state index contributed by atoms with van der Waals surface area (Å²) in [4.78, 5) is 29.8. The highest BCUT2D eigenvalue weighted by Crippen LogP contribution is 2.15. The number of rotatable bonds is 10. The highest BCUT2D eigenvalue weighted by atomic mass is 16.3. The Hall–Kier alpha value is -3.34. The number of furan rings is 1. The molecule has 2 aromatic carbocycles. The van der Waals surface area contributed by atoms with Crippen molar-refractivity contribution >= 4 is 11.8 Å². The molecule has 1 heterocycles. The first-order valence-electron chi connectivity index (χ1n) is 11.1. The standard InChI is InChI=1S/C27H32N2O3/c1-21(2)29(26(30)17-15-23-10-6-4-7-11-23)20-27(31)28(18-24-12-8-5-9-13-24)19-25-16-14-22(3)32-25/h4-14,16,21H,15,17-20H2,1-3H3. The number of hydrogen-bond acceptors (Lipinski definition) is 3. The molecule has 0 spiro atoms. The van der Waals surface area contributed by atoms with Crippen LogP contribution in [0.1, 0.15) is 42.9 Å². The van der Waals surface area contributed by atoms with Gasteiger partial charge in [-0.25, -0.2) is 0 Å². The lowest BCUT2D eigenvalue weighted by Gasteiger charge is -2.30. The number of aryl methyl sites for hydroxylation is 2. The fraction of sp³-hybridized carbons (Fsp3) is 0.333. The van der Waals surface area contributed by atoms with Gasteiger partial charge in [-0.15, -0.1) is 0 Å². The SMILES string of the molecule is Cc1ccc(CN(Cc2ccccc2)C(=O)CN(C(=O)CCc2ccccc2)C(C)C)o1. The van der Waals surface area contributed by atoms with Crippen molar-refractivity contribution in [3.8, 4) is 0 Å². The number of benzene rings is 2. The molecule has 1 aromatic heterocycles. The van der Waals surface area contributed by atoms with Gasteiger partial charge < -0.3 is 14.2 Å². The highest BCUT2D eigenvalue weighted by molar-refractivity contribution is 5.85. The van der Waals surface area contributed by atoms with Gasteiger partial charge in [-0.2, -0.15) is 0 Å². The minimum Gasteiger partial charge on any atom is -0.464 e. The molecule has 0 fully saturated rings. The van der Waals surface area contributed by atoms with Gasteiger partial charge in [0.25, 0.3) is 0 Å². The van der Waals surface area contributed by atoms with Crippen LogP contribution >= 0.6 is 0 Å². The smallest absolute Gasteiger partial charge is 0.242 e. The molecule has 3 aromatic rings. The molecule has 2 amide bonds. The summed E-state index contributed by atoms with van der Waals surface area (Å²) in [7, 11) is 0. The van der Waals surface area contributed by atoms with Crippen LogP contribution in [0.4, 0.5) is 0 Å². The summed E-state index contributed by atoms with van der Waals surface area (Å²) in [6.07, 6.45) is 1.04. The molecule has 0 atom stereocenters. The summed E-state index contributed by atoms with van der Waals surface area (Å²) in [5.41, 5.74) is 2.16. The van der Waals surface area contributed by atoms with Gasteiger partial charge in [-0.1, -0.05) is 60.7 Å². The van der Waals surface area contributed by atoms with Crippen molar-refractivity contribution in [2.45, 2.75) is 52.7 Å². The van der Waals surface area contributed by atoms with E-state index in [0.717, 1.165) is 22.6 Å². The van der Waals surface area contributed by atoms with Gasteiger partial charge >= 0.3 is 0 Å². The van der Waals surface area contributed by atoms with Crippen LogP contribution in [-0.2, 0) is 29.1 Å². The zero-order chi connectivity index (χ0) is 22.9. The van der Waals surface area contributed by atoms with E-state index >= 15 is 0 Å². The van der Waals surface area contributed by atoms with Gasteiger partial charge in [0, 0.05) is 19.0 Å². The molecular formula is C27H32N2O3.